The average Bonchev–Trinajstić information content (AvgIpc) is 3.37. The van der Waals surface area contributed by atoms with Gasteiger partial charge >= 0.3 is 6.09 Å². The fourth-order valence-corrected chi connectivity index (χ4v) is 7.54. The Balaban J connectivity index is 1.76. The van der Waals surface area contributed by atoms with Crippen molar-refractivity contribution < 1.29 is 42.0 Å². The number of fused-ring (bicyclic) bond motifs is 1. The summed E-state index contributed by atoms with van der Waals surface area (Å²) in [5, 5.41) is 15.5. The number of rotatable bonds is 12. The molecule has 2 heterocycles. The SMILES string of the molecule is CC(C)(CCC1(C)OCCO1)CC(O)(CS(=O)(=O)c1ccc2c(c1)OCCO2)C(N)(Cc1ccccc1)NC(=O)OC(C)(C)C. The van der Waals surface area contributed by atoms with E-state index < -0.39 is 49.8 Å². The van der Waals surface area contributed by atoms with Crippen LogP contribution in [0.4, 0.5) is 4.79 Å². The molecule has 1 amide bonds. The van der Waals surface area contributed by atoms with Gasteiger partial charge < -0.3 is 39.8 Å². The van der Waals surface area contributed by atoms with Gasteiger partial charge in [-0.05, 0) is 63.6 Å². The lowest BCUT2D eigenvalue weighted by atomic mass is 9.71. The molecule has 0 aliphatic carbocycles. The third kappa shape index (κ3) is 9.10. The molecule has 0 saturated carbocycles. The summed E-state index contributed by atoms with van der Waals surface area (Å²) in [7, 11) is -4.22. The highest BCUT2D eigenvalue weighted by molar-refractivity contribution is 7.91. The lowest BCUT2D eigenvalue weighted by Crippen LogP contribution is -2.74. The molecule has 0 radical (unpaired) electrons. The van der Waals surface area contributed by atoms with Gasteiger partial charge in [-0.1, -0.05) is 44.2 Å². The number of nitrogens with one attached hydrogen (secondary N) is 1. The van der Waals surface area contributed by atoms with E-state index in [1.54, 1.807) is 45.0 Å². The maximum atomic E-state index is 14.2. The second kappa shape index (κ2) is 13.1. The molecular weight excluding hydrogens is 600 g/mol. The number of benzene rings is 2. The summed E-state index contributed by atoms with van der Waals surface area (Å²) in [6.07, 6.45) is -0.0573. The van der Waals surface area contributed by atoms with Crippen LogP contribution in [0.1, 0.15) is 66.4 Å². The van der Waals surface area contributed by atoms with Crippen LogP contribution in [-0.4, -0.2) is 74.5 Å². The van der Waals surface area contributed by atoms with Gasteiger partial charge in [-0.25, -0.2) is 13.2 Å². The number of carbonyl (C=O) groups excluding carboxylic acids is 1. The molecule has 4 N–H and O–H groups in total. The Labute approximate surface area is 266 Å². The van der Waals surface area contributed by atoms with E-state index in [0.717, 1.165) is 0 Å². The molecule has 11 nitrogen and oxygen atoms in total. The number of amides is 1. The highest BCUT2D eigenvalue weighted by Gasteiger charge is 2.54. The van der Waals surface area contributed by atoms with Crippen molar-refractivity contribution in [2.45, 2.75) is 94.8 Å². The molecule has 0 bridgehead atoms. The van der Waals surface area contributed by atoms with Crippen molar-refractivity contribution in [2.24, 2.45) is 11.1 Å². The summed E-state index contributed by atoms with van der Waals surface area (Å²) < 4.78 is 56.6. The Hall–Kier alpha value is -2.90. The Morgan fingerprint density at radius 1 is 0.978 bits per heavy atom. The minimum absolute atomic E-state index is 0.0671. The average molecular weight is 649 g/mol. The van der Waals surface area contributed by atoms with E-state index in [-0.39, 0.29) is 24.3 Å². The lowest BCUT2D eigenvalue weighted by molar-refractivity contribution is -0.153. The van der Waals surface area contributed by atoms with Gasteiger partial charge in [0, 0.05) is 18.9 Å². The van der Waals surface area contributed by atoms with Crippen LogP contribution in [0.25, 0.3) is 0 Å². The topological polar surface area (TPSA) is 156 Å². The van der Waals surface area contributed by atoms with Crippen LogP contribution in [0, 0.1) is 5.41 Å². The van der Waals surface area contributed by atoms with Gasteiger partial charge in [-0.3, -0.25) is 0 Å². The van der Waals surface area contributed by atoms with Crippen LogP contribution in [0.5, 0.6) is 11.5 Å². The van der Waals surface area contributed by atoms with Crippen LogP contribution < -0.4 is 20.5 Å². The number of nitrogens with two attached hydrogens (primary N) is 1. The first-order valence-corrected chi connectivity index (χ1v) is 16.9. The molecule has 12 heteroatoms. The molecule has 2 aliphatic heterocycles. The van der Waals surface area contributed by atoms with Crippen molar-refractivity contribution in [3.8, 4) is 11.5 Å². The fraction of sp³-hybridized carbons (Fsp3) is 0.606. The minimum atomic E-state index is -4.22. The van der Waals surface area contributed by atoms with Gasteiger partial charge in [-0.2, -0.15) is 0 Å². The third-order valence-electron chi connectivity index (χ3n) is 8.11. The molecular formula is C33H48N2O9S. The quantitative estimate of drug-likeness (QED) is 0.283. The molecule has 45 heavy (non-hydrogen) atoms. The van der Waals surface area contributed by atoms with Crippen molar-refractivity contribution in [3.05, 3.63) is 54.1 Å². The largest absolute Gasteiger partial charge is 0.486 e. The Morgan fingerprint density at radius 3 is 2.22 bits per heavy atom. The number of aliphatic hydroxyl groups is 1. The minimum Gasteiger partial charge on any atom is -0.486 e. The van der Waals surface area contributed by atoms with Gasteiger partial charge in [0.2, 0.25) is 0 Å². The molecule has 0 spiro atoms. The van der Waals surface area contributed by atoms with E-state index in [1.807, 2.05) is 26.8 Å². The molecule has 2 unspecified atom stereocenters. The molecule has 2 atom stereocenters. The molecule has 250 valence electrons. The molecule has 2 aromatic carbocycles. The van der Waals surface area contributed by atoms with Crippen molar-refractivity contribution in [2.75, 3.05) is 32.2 Å². The Kier molecular flexibility index (Phi) is 10.2. The van der Waals surface area contributed by atoms with Crippen molar-refractivity contribution in [1.82, 2.24) is 5.32 Å². The highest BCUT2D eigenvalue weighted by Crippen LogP contribution is 2.42. The predicted octanol–water partition coefficient (Wildman–Crippen LogP) is 4.34. The van der Waals surface area contributed by atoms with Crippen LogP contribution >= 0.6 is 0 Å². The summed E-state index contributed by atoms with van der Waals surface area (Å²) >= 11 is 0. The molecule has 1 fully saturated rings. The second-order valence-corrected chi connectivity index (χ2v) is 16.0. The zero-order chi connectivity index (χ0) is 33.2. The zero-order valence-electron chi connectivity index (χ0n) is 27.2. The highest BCUT2D eigenvalue weighted by atomic mass is 32.2. The number of carbonyl (C=O) groups is 1. The standard InChI is InChI=1S/C33H48N2O9S/c1-29(2,3)44-28(36)35-33(34,21-24-10-8-7-9-11-24)32(37,22-30(4,5)14-15-31(6)42-18-19-43-31)23-45(38,39)25-12-13-26-27(20-25)41-17-16-40-26/h7-13,20,37H,14-19,21-23,34H2,1-6H3,(H,35,36). The van der Waals surface area contributed by atoms with Gasteiger partial charge in [0.1, 0.15) is 30.1 Å². The van der Waals surface area contributed by atoms with Crippen LogP contribution in [-0.2, 0) is 30.5 Å². The number of sulfone groups is 1. The summed E-state index contributed by atoms with van der Waals surface area (Å²) in [5.74, 6) is -0.853. The molecule has 1 saturated heterocycles. The van der Waals surface area contributed by atoms with Crippen molar-refractivity contribution in [3.63, 3.8) is 0 Å². The number of hydrogen-bond acceptors (Lipinski definition) is 10. The van der Waals surface area contributed by atoms with E-state index >= 15 is 0 Å². The van der Waals surface area contributed by atoms with Crippen molar-refractivity contribution in [1.29, 1.82) is 0 Å². The van der Waals surface area contributed by atoms with Crippen LogP contribution in [0.3, 0.4) is 0 Å². The molecule has 4 rings (SSSR count). The first-order chi connectivity index (χ1) is 20.8. The first-order valence-electron chi connectivity index (χ1n) is 15.3. The van der Waals surface area contributed by atoms with Gasteiger partial charge in [0.05, 0.1) is 23.9 Å². The van der Waals surface area contributed by atoms with Gasteiger partial charge in [-0.15, -0.1) is 0 Å². The third-order valence-corrected chi connectivity index (χ3v) is 9.94. The van der Waals surface area contributed by atoms with Gasteiger partial charge in [0.25, 0.3) is 0 Å². The monoisotopic (exact) mass is 648 g/mol. The number of hydrogen-bond donors (Lipinski definition) is 3. The molecule has 0 aromatic heterocycles. The Bertz CT molecular complexity index is 1440. The summed E-state index contributed by atoms with van der Waals surface area (Å²) in [6.45, 7) is 12.4. The maximum absolute atomic E-state index is 14.2. The van der Waals surface area contributed by atoms with E-state index in [9.17, 15) is 18.3 Å². The van der Waals surface area contributed by atoms with Crippen molar-refractivity contribution >= 4 is 15.9 Å². The normalized spacial score (nSPS) is 19.3. The molecule has 2 aliphatic rings. The smallest absolute Gasteiger partial charge is 0.409 e. The fourth-order valence-electron chi connectivity index (χ4n) is 5.83. The van der Waals surface area contributed by atoms with Crippen LogP contribution in [0.15, 0.2) is 53.4 Å². The van der Waals surface area contributed by atoms with E-state index in [1.165, 1.54) is 18.2 Å². The van der Waals surface area contributed by atoms with E-state index in [2.05, 4.69) is 5.32 Å². The van der Waals surface area contributed by atoms with Gasteiger partial charge in [0.15, 0.2) is 27.1 Å². The summed E-state index contributed by atoms with van der Waals surface area (Å²) in [6, 6.07) is 13.4. The predicted molar refractivity (Wildman–Crippen MR) is 169 cm³/mol. The van der Waals surface area contributed by atoms with E-state index in [0.29, 0.717) is 49.7 Å². The summed E-state index contributed by atoms with van der Waals surface area (Å²) in [4.78, 5) is 13.2. The number of ether oxygens (including phenoxy) is 5. The summed E-state index contributed by atoms with van der Waals surface area (Å²) in [5.41, 5.74) is 1.99. The number of alkyl carbamates (subject to hydrolysis) is 1. The second-order valence-electron chi connectivity index (χ2n) is 14.0. The zero-order valence-corrected chi connectivity index (χ0v) is 28.0. The maximum Gasteiger partial charge on any atom is 0.409 e. The first kappa shape index (κ1) is 35.0. The van der Waals surface area contributed by atoms with Crippen LogP contribution in [0.2, 0.25) is 0 Å². The molecule has 2 aromatic rings. The lowest BCUT2D eigenvalue weighted by Gasteiger charge is -2.48. The Morgan fingerprint density at radius 2 is 1.60 bits per heavy atom. The van der Waals surface area contributed by atoms with E-state index in [4.69, 9.17) is 29.4 Å².